The highest BCUT2D eigenvalue weighted by molar-refractivity contribution is 7.08. The van der Waals surface area contributed by atoms with Crippen LogP contribution in [0.5, 0.6) is 0 Å². The summed E-state index contributed by atoms with van der Waals surface area (Å²) in [5.41, 5.74) is 5.09. The quantitative estimate of drug-likeness (QED) is 0.430. The molecule has 0 spiro atoms. The molecule has 0 aliphatic rings. The molecule has 0 fully saturated rings. The molecule has 5 heteroatoms. The van der Waals surface area contributed by atoms with Crippen molar-refractivity contribution in [2.45, 2.75) is 19.3 Å². The Bertz CT molecular complexity index is 1020. The lowest BCUT2D eigenvalue weighted by molar-refractivity contribution is 0.112. The maximum Gasteiger partial charge on any atom is 0.234 e. The van der Waals surface area contributed by atoms with Crippen molar-refractivity contribution in [3.8, 4) is 11.4 Å². The molecular weight excluding hydrogens is 356 g/mol. The Labute approximate surface area is 161 Å². The molecule has 4 nitrogen and oxygen atoms in total. The summed E-state index contributed by atoms with van der Waals surface area (Å²) in [7, 11) is 0. The molecule has 0 saturated carbocycles. The topological polar surface area (TPSA) is 56.0 Å². The van der Waals surface area contributed by atoms with Gasteiger partial charge in [-0.15, -0.1) is 0 Å². The fourth-order valence-electron chi connectivity index (χ4n) is 2.99. The van der Waals surface area contributed by atoms with Gasteiger partial charge < -0.3 is 4.52 Å². The maximum atomic E-state index is 10.8. The first kappa shape index (κ1) is 17.4. The van der Waals surface area contributed by atoms with E-state index >= 15 is 0 Å². The van der Waals surface area contributed by atoms with Crippen LogP contribution in [0.3, 0.4) is 0 Å². The predicted molar refractivity (Wildman–Crippen MR) is 106 cm³/mol. The molecule has 4 aromatic rings. The minimum absolute atomic E-state index is 0.00875. The Balaban J connectivity index is 1.65. The van der Waals surface area contributed by atoms with Crippen LogP contribution in [0.2, 0.25) is 0 Å². The van der Waals surface area contributed by atoms with E-state index in [-0.39, 0.29) is 5.92 Å². The number of aryl methyl sites for hydroxylation is 1. The van der Waals surface area contributed by atoms with Crippen LogP contribution in [0.4, 0.5) is 0 Å². The van der Waals surface area contributed by atoms with Gasteiger partial charge in [-0.2, -0.15) is 16.3 Å². The molecule has 134 valence electrons. The van der Waals surface area contributed by atoms with E-state index in [1.165, 1.54) is 16.7 Å². The summed E-state index contributed by atoms with van der Waals surface area (Å²) in [6.45, 7) is 2.08. The Morgan fingerprint density at radius 3 is 2.52 bits per heavy atom. The first-order valence-corrected chi connectivity index (χ1v) is 9.64. The monoisotopic (exact) mass is 374 g/mol. The molecule has 2 heterocycles. The second-order valence-electron chi connectivity index (χ2n) is 6.50. The van der Waals surface area contributed by atoms with Gasteiger partial charge in [0.05, 0.1) is 5.92 Å². The highest BCUT2D eigenvalue weighted by Crippen LogP contribution is 2.30. The van der Waals surface area contributed by atoms with E-state index in [4.69, 9.17) is 4.52 Å². The summed E-state index contributed by atoms with van der Waals surface area (Å²) in [6, 6.07) is 17.8. The average molecular weight is 374 g/mol. The van der Waals surface area contributed by atoms with E-state index in [0.29, 0.717) is 17.3 Å². The second kappa shape index (κ2) is 7.68. The summed E-state index contributed by atoms with van der Waals surface area (Å²) in [4.78, 5) is 15.5. The van der Waals surface area contributed by atoms with Crippen LogP contribution in [-0.2, 0) is 6.42 Å². The summed E-state index contributed by atoms with van der Waals surface area (Å²) in [6.07, 6.45) is 1.61. The van der Waals surface area contributed by atoms with E-state index in [1.54, 1.807) is 23.5 Å². The minimum Gasteiger partial charge on any atom is -0.338 e. The third kappa shape index (κ3) is 3.88. The van der Waals surface area contributed by atoms with Crippen LogP contribution in [0.1, 0.15) is 38.9 Å². The number of carbonyl (C=O) groups excluding carboxylic acids is 1. The summed E-state index contributed by atoms with van der Waals surface area (Å²) < 4.78 is 5.63. The van der Waals surface area contributed by atoms with Gasteiger partial charge in [-0.25, -0.2) is 0 Å². The zero-order chi connectivity index (χ0) is 18.6. The zero-order valence-corrected chi connectivity index (χ0v) is 15.6. The van der Waals surface area contributed by atoms with Gasteiger partial charge in [0.2, 0.25) is 11.7 Å². The molecular formula is C22H18N2O2S. The van der Waals surface area contributed by atoms with Crippen LogP contribution in [-0.4, -0.2) is 16.4 Å². The Morgan fingerprint density at radius 1 is 1.07 bits per heavy atom. The van der Waals surface area contributed by atoms with Crippen LogP contribution in [0, 0.1) is 6.92 Å². The Kier molecular flexibility index (Phi) is 4.94. The van der Waals surface area contributed by atoms with Gasteiger partial charge in [-0.1, -0.05) is 59.3 Å². The van der Waals surface area contributed by atoms with E-state index < -0.39 is 0 Å². The highest BCUT2D eigenvalue weighted by Gasteiger charge is 2.22. The van der Waals surface area contributed by atoms with Crippen molar-refractivity contribution in [2.24, 2.45) is 0 Å². The Hall–Kier alpha value is -3.05. The molecule has 2 aromatic carbocycles. The fraction of sp³-hybridized carbons (Fsp3) is 0.136. The number of hydrogen-bond donors (Lipinski definition) is 0. The van der Waals surface area contributed by atoms with Crippen molar-refractivity contribution in [1.82, 2.24) is 10.1 Å². The minimum atomic E-state index is 0.00875. The molecule has 0 N–H and O–H groups in total. The van der Waals surface area contributed by atoms with Crippen molar-refractivity contribution >= 4 is 17.6 Å². The van der Waals surface area contributed by atoms with Crippen LogP contribution in [0.15, 0.2) is 69.9 Å². The molecule has 0 saturated heterocycles. The second-order valence-corrected chi connectivity index (χ2v) is 7.28. The molecule has 1 atom stereocenters. The first-order valence-electron chi connectivity index (χ1n) is 8.70. The average Bonchev–Trinajstić information content (AvgIpc) is 3.40. The van der Waals surface area contributed by atoms with Crippen LogP contribution < -0.4 is 0 Å². The summed E-state index contributed by atoms with van der Waals surface area (Å²) >= 11 is 1.66. The highest BCUT2D eigenvalue weighted by atomic mass is 32.1. The summed E-state index contributed by atoms with van der Waals surface area (Å²) in [5.74, 6) is 1.14. The van der Waals surface area contributed by atoms with Crippen molar-refractivity contribution < 1.29 is 9.32 Å². The van der Waals surface area contributed by atoms with Gasteiger partial charge in [0.15, 0.2) is 0 Å². The molecule has 1 unspecified atom stereocenters. The van der Waals surface area contributed by atoms with E-state index in [2.05, 4.69) is 58.2 Å². The van der Waals surface area contributed by atoms with Crippen LogP contribution >= 0.6 is 11.3 Å². The fourth-order valence-corrected chi connectivity index (χ4v) is 3.70. The lowest BCUT2D eigenvalue weighted by Crippen LogP contribution is -2.05. The molecule has 0 aliphatic heterocycles. The lowest BCUT2D eigenvalue weighted by Gasteiger charge is -2.11. The van der Waals surface area contributed by atoms with E-state index in [1.807, 2.05) is 12.1 Å². The number of benzene rings is 2. The molecule has 0 radical (unpaired) electrons. The predicted octanol–water partition coefficient (Wildman–Crippen LogP) is 5.29. The number of nitrogens with zero attached hydrogens (tertiary/aromatic N) is 2. The maximum absolute atomic E-state index is 10.8. The smallest absolute Gasteiger partial charge is 0.234 e. The molecule has 27 heavy (non-hydrogen) atoms. The number of aromatic nitrogens is 2. The molecule has 4 rings (SSSR count). The van der Waals surface area contributed by atoms with Crippen molar-refractivity contribution in [3.63, 3.8) is 0 Å². The van der Waals surface area contributed by atoms with Gasteiger partial charge in [-0.3, -0.25) is 4.79 Å². The number of aldehydes is 1. The SMILES string of the molecule is Cc1ccc(CC(c2ccsc2)c2nc(-c3ccc(C=O)cc3)no2)cc1. The van der Waals surface area contributed by atoms with Crippen molar-refractivity contribution in [2.75, 3.05) is 0 Å². The normalized spacial score (nSPS) is 12.0. The third-order valence-electron chi connectivity index (χ3n) is 4.55. The number of carbonyl (C=O) groups is 1. The van der Waals surface area contributed by atoms with Crippen LogP contribution in [0.25, 0.3) is 11.4 Å². The largest absolute Gasteiger partial charge is 0.338 e. The standard InChI is InChI=1S/C22H18N2O2S/c1-15-2-4-16(5-3-15)12-20(19-10-11-27-14-19)22-23-21(24-26-22)18-8-6-17(13-25)7-9-18/h2-11,13-14,20H,12H2,1H3. The summed E-state index contributed by atoms with van der Waals surface area (Å²) in [5, 5.41) is 8.35. The Morgan fingerprint density at radius 2 is 1.85 bits per heavy atom. The molecule has 0 aliphatic carbocycles. The lowest BCUT2D eigenvalue weighted by atomic mass is 9.93. The van der Waals surface area contributed by atoms with Crippen molar-refractivity contribution in [3.05, 3.63) is 93.5 Å². The van der Waals surface area contributed by atoms with Gasteiger partial charge in [0.25, 0.3) is 0 Å². The van der Waals surface area contributed by atoms with Gasteiger partial charge in [-0.05, 0) is 41.3 Å². The van der Waals surface area contributed by atoms with E-state index in [0.717, 1.165) is 18.3 Å². The molecule has 2 aromatic heterocycles. The zero-order valence-electron chi connectivity index (χ0n) is 14.8. The van der Waals surface area contributed by atoms with Crippen molar-refractivity contribution in [1.29, 1.82) is 0 Å². The van der Waals surface area contributed by atoms with Gasteiger partial charge >= 0.3 is 0 Å². The van der Waals surface area contributed by atoms with Gasteiger partial charge in [0, 0.05) is 11.1 Å². The van der Waals surface area contributed by atoms with E-state index in [9.17, 15) is 4.79 Å². The van der Waals surface area contributed by atoms with Gasteiger partial charge in [0.1, 0.15) is 6.29 Å². The number of hydrogen-bond acceptors (Lipinski definition) is 5. The number of thiophene rings is 1. The first-order chi connectivity index (χ1) is 13.2. The molecule has 0 bridgehead atoms. The number of rotatable bonds is 6. The third-order valence-corrected chi connectivity index (χ3v) is 5.25. The molecule has 0 amide bonds.